The molecule has 0 bridgehead atoms. The molecular formula is C17H30N2O. The van der Waals surface area contributed by atoms with Crippen LogP contribution in [0.5, 0.6) is 0 Å². The Kier molecular flexibility index (Phi) is 4.65. The zero-order valence-corrected chi connectivity index (χ0v) is 12.7. The van der Waals surface area contributed by atoms with E-state index in [-0.39, 0.29) is 6.04 Å². The zero-order valence-electron chi connectivity index (χ0n) is 12.7. The summed E-state index contributed by atoms with van der Waals surface area (Å²) in [5.74, 6) is 1.64. The average molecular weight is 278 g/mol. The number of likely N-dealkylation sites (tertiary alicyclic amines) is 1. The van der Waals surface area contributed by atoms with Crippen LogP contribution in [-0.2, 0) is 4.79 Å². The van der Waals surface area contributed by atoms with Crippen LogP contribution in [0.2, 0.25) is 0 Å². The molecule has 4 atom stereocenters. The lowest BCUT2D eigenvalue weighted by molar-refractivity contribution is -0.139. The molecule has 3 rings (SSSR count). The molecule has 20 heavy (non-hydrogen) atoms. The van der Waals surface area contributed by atoms with Gasteiger partial charge in [-0.3, -0.25) is 4.79 Å². The summed E-state index contributed by atoms with van der Waals surface area (Å²) in [6.45, 7) is 1.00. The molecule has 0 spiro atoms. The van der Waals surface area contributed by atoms with Gasteiger partial charge in [0.15, 0.2) is 0 Å². The minimum Gasteiger partial charge on any atom is -0.339 e. The summed E-state index contributed by atoms with van der Waals surface area (Å²) in [7, 11) is 0. The van der Waals surface area contributed by atoms with E-state index in [2.05, 4.69) is 4.90 Å². The first kappa shape index (κ1) is 14.4. The number of hydrogen-bond acceptors (Lipinski definition) is 2. The van der Waals surface area contributed by atoms with Gasteiger partial charge in [-0.1, -0.05) is 25.7 Å². The Labute approximate surface area is 123 Å². The van der Waals surface area contributed by atoms with Gasteiger partial charge in [-0.15, -0.1) is 0 Å². The van der Waals surface area contributed by atoms with Crippen molar-refractivity contribution in [1.82, 2.24) is 4.90 Å². The number of amides is 1. The fraction of sp³-hybridized carbons (Fsp3) is 0.941. The molecule has 3 heteroatoms. The summed E-state index contributed by atoms with van der Waals surface area (Å²) in [6, 6.07) is 0.824. The third-order valence-corrected chi connectivity index (χ3v) is 5.97. The molecule has 114 valence electrons. The van der Waals surface area contributed by atoms with E-state index in [1.807, 2.05) is 0 Å². The van der Waals surface area contributed by atoms with Crippen molar-refractivity contribution in [2.75, 3.05) is 6.54 Å². The van der Waals surface area contributed by atoms with Gasteiger partial charge in [-0.2, -0.15) is 0 Å². The normalized spacial score (nSPS) is 38.4. The summed E-state index contributed by atoms with van der Waals surface area (Å²) in [4.78, 5) is 15.0. The van der Waals surface area contributed by atoms with E-state index in [0.29, 0.717) is 24.3 Å². The standard InChI is InChI=1S/C17H30N2O/c18-15-9-3-1-7-14(15)12-17(20)19-11-5-8-13-6-2-4-10-16(13)19/h13-16H,1-12,18H2/t13-,14?,15?,16-/m1/s1. The monoisotopic (exact) mass is 278 g/mol. The predicted molar refractivity (Wildman–Crippen MR) is 81.2 cm³/mol. The van der Waals surface area contributed by atoms with Gasteiger partial charge < -0.3 is 10.6 Å². The van der Waals surface area contributed by atoms with Crippen LogP contribution in [0, 0.1) is 11.8 Å². The lowest BCUT2D eigenvalue weighted by atomic mass is 9.77. The van der Waals surface area contributed by atoms with Crippen molar-refractivity contribution < 1.29 is 4.79 Å². The number of hydrogen-bond donors (Lipinski definition) is 1. The number of rotatable bonds is 2. The second-order valence-electron chi connectivity index (χ2n) is 7.25. The van der Waals surface area contributed by atoms with Gasteiger partial charge in [0.05, 0.1) is 0 Å². The Bertz CT molecular complexity index is 342. The smallest absolute Gasteiger partial charge is 0.223 e. The molecule has 0 aromatic rings. The Morgan fingerprint density at radius 1 is 0.950 bits per heavy atom. The highest BCUT2D eigenvalue weighted by molar-refractivity contribution is 5.77. The SMILES string of the molecule is NC1CCCCC1CC(=O)N1CCC[C@H]2CCCC[C@H]21. The van der Waals surface area contributed by atoms with Crippen molar-refractivity contribution in [3.8, 4) is 0 Å². The molecule has 3 fully saturated rings. The number of piperidine rings is 1. The van der Waals surface area contributed by atoms with Crippen molar-refractivity contribution in [1.29, 1.82) is 0 Å². The minimum absolute atomic E-state index is 0.264. The number of fused-ring (bicyclic) bond motifs is 1. The van der Waals surface area contributed by atoms with Crippen LogP contribution < -0.4 is 5.73 Å². The summed E-state index contributed by atoms with van der Waals surface area (Å²) >= 11 is 0. The van der Waals surface area contributed by atoms with Gasteiger partial charge in [0.25, 0.3) is 0 Å². The first-order chi connectivity index (χ1) is 9.75. The number of carbonyl (C=O) groups is 1. The second kappa shape index (κ2) is 6.46. The van der Waals surface area contributed by atoms with Crippen molar-refractivity contribution in [2.45, 2.75) is 82.7 Å². The Balaban J connectivity index is 1.60. The van der Waals surface area contributed by atoms with E-state index in [1.165, 1.54) is 51.4 Å². The zero-order chi connectivity index (χ0) is 13.9. The summed E-state index contributed by atoms with van der Waals surface area (Å²) in [6.07, 6.45) is 13.3. The largest absolute Gasteiger partial charge is 0.339 e. The highest BCUT2D eigenvalue weighted by Crippen LogP contribution is 2.36. The summed E-state index contributed by atoms with van der Waals surface area (Å²) in [5, 5.41) is 0. The van der Waals surface area contributed by atoms with Crippen LogP contribution in [0.15, 0.2) is 0 Å². The van der Waals surface area contributed by atoms with Crippen LogP contribution in [0.1, 0.15) is 70.6 Å². The molecule has 1 saturated heterocycles. The molecular weight excluding hydrogens is 248 g/mol. The topological polar surface area (TPSA) is 46.3 Å². The van der Waals surface area contributed by atoms with E-state index in [1.54, 1.807) is 0 Å². The van der Waals surface area contributed by atoms with Gasteiger partial charge >= 0.3 is 0 Å². The van der Waals surface area contributed by atoms with Crippen LogP contribution in [0.25, 0.3) is 0 Å². The van der Waals surface area contributed by atoms with Crippen LogP contribution in [-0.4, -0.2) is 29.4 Å². The van der Waals surface area contributed by atoms with E-state index in [0.717, 1.165) is 25.3 Å². The Morgan fingerprint density at radius 2 is 1.65 bits per heavy atom. The van der Waals surface area contributed by atoms with Crippen molar-refractivity contribution in [3.63, 3.8) is 0 Å². The fourth-order valence-electron chi connectivity index (χ4n) is 4.77. The molecule has 0 aromatic carbocycles. The highest BCUT2D eigenvalue weighted by atomic mass is 16.2. The summed E-state index contributed by atoms with van der Waals surface area (Å²) < 4.78 is 0. The van der Waals surface area contributed by atoms with Crippen molar-refractivity contribution >= 4 is 5.91 Å². The van der Waals surface area contributed by atoms with E-state index >= 15 is 0 Å². The van der Waals surface area contributed by atoms with Gasteiger partial charge in [-0.25, -0.2) is 0 Å². The van der Waals surface area contributed by atoms with Crippen LogP contribution in [0.4, 0.5) is 0 Å². The molecule has 2 saturated carbocycles. The van der Waals surface area contributed by atoms with E-state index in [9.17, 15) is 4.79 Å². The quantitative estimate of drug-likeness (QED) is 0.843. The maximum atomic E-state index is 12.7. The first-order valence-electron chi connectivity index (χ1n) is 8.81. The lowest BCUT2D eigenvalue weighted by Gasteiger charge is -2.45. The molecule has 1 heterocycles. The molecule has 1 amide bonds. The molecule has 0 radical (unpaired) electrons. The Hall–Kier alpha value is -0.570. The minimum atomic E-state index is 0.264. The van der Waals surface area contributed by atoms with Gasteiger partial charge in [0, 0.05) is 25.0 Å². The molecule has 1 aliphatic heterocycles. The lowest BCUT2D eigenvalue weighted by Crippen LogP contribution is -2.50. The van der Waals surface area contributed by atoms with Crippen LogP contribution >= 0.6 is 0 Å². The van der Waals surface area contributed by atoms with Crippen LogP contribution in [0.3, 0.4) is 0 Å². The third-order valence-electron chi connectivity index (χ3n) is 5.97. The third kappa shape index (κ3) is 3.03. The van der Waals surface area contributed by atoms with Gasteiger partial charge in [0.2, 0.25) is 5.91 Å². The van der Waals surface area contributed by atoms with Crippen molar-refractivity contribution in [2.24, 2.45) is 17.6 Å². The molecule has 3 nitrogen and oxygen atoms in total. The fourth-order valence-corrected chi connectivity index (χ4v) is 4.77. The van der Waals surface area contributed by atoms with E-state index < -0.39 is 0 Å². The second-order valence-corrected chi connectivity index (χ2v) is 7.25. The average Bonchev–Trinajstić information content (AvgIpc) is 2.49. The maximum Gasteiger partial charge on any atom is 0.223 e. The van der Waals surface area contributed by atoms with Gasteiger partial charge in [0.1, 0.15) is 0 Å². The van der Waals surface area contributed by atoms with Crippen molar-refractivity contribution in [3.05, 3.63) is 0 Å². The maximum absolute atomic E-state index is 12.7. The van der Waals surface area contributed by atoms with E-state index in [4.69, 9.17) is 5.73 Å². The highest BCUT2D eigenvalue weighted by Gasteiger charge is 2.36. The number of nitrogens with zero attached hydrogens (tertiary/aromatic N) is 1. The molecule has 3 aliphatic rings. The van der Waals surface area contributed by atoms with Gasteiger partial charge in [-0.05, 0) is 50.4 Å². The first-order valence-corrected chi connectivity index (χ1v) is 8.81. The Morgan fingerprint density at radius 3 is 2.50 bits per heavy atom. The number of carbonyl (C=O) groups excluding carboxylic acids is 1. The predicted octanol–water partition coefficient (Wildman–Crippen LogP) is 3.08. The number of nitrogens with two attached hydrogens (primary N) is 1. The molecule has 2 N–H and O–H groups in total. The molecule has 2 aliphatic carbocycles. The molecule has 0 aromatic heterocycles. The summed E-state index contributed by atoms with van der Waals surface area (Å²) in [5.41, 5.74) is 6.22. The molecule has 2 unspecified atom stereocenters.